The molecule has 0 unspecified atom stereocenters. The first-order valence-corrected chi connectivity index (χ1v) is 10.3. The molecule has 0 bridgehead atoms. The van der Waals surface area contributed by atoms with Crippen LogP contribution < -0.4 is 0 Å². The van der Waals surface area contributed by atoms with Gasteiger partial charge in [0.25, 0.3) is 0 Å². The van der Waals surface area contributed by atoms with Gasteiger partial charge in [0.05, 0.1) is 12.7 Å². The second-order valence-electron chi connectivity index (χ2n) is 7.98. The van der Waals surface area contributed by atoms with Crippen LogP contribution in [0.4, 0.5) is 0 Å². The van der Waals surface area contributed by atoms with E-state index in [4.69, 9.17) is 4.74 Å². The highest BCUT2D eigenvalue weighted by Gasteiger charge is 2.26. The number of nitrogens with zero attached hydrogens (tertiary/aromatic N) is 2. The predicted octanol–water partition coefficient (Wildman–Crippen LogP) is 4.58. The van der Waals surface area contributed by atoms with Gasteiger partial charge in [0.2, 0.25) is 0 Å². The summed E-state index contributed by atoms with van der Waals surface area (Å²) < 4.78 is 6.10. The van der Waals surface area contributed by atoms with Crippen LogP contribution in [-0.2, 0) is 17.8 Å². The quantitative estimate of drug-likeness (QED) is 0.646. The van der Waals surface area contributed by atoms with E-state index in [-0.39, 0.29) is 0 Å². The van der Waals surface area contributed by atoms with Gasteiger partial charge in [-0.3, -0.25) is 4.90 Å². The Kier molecular flexibility index (Phi) is 7.88. The molecule has 0 amide bonds. The van der Waals surface area contributed by atoms with Crippen molar-refractivity contribution in [3.63, 3.8) is 0 Å². The van der Waals surface area contributed by atoms with E-state index in [1.165, 1.54) is 36.8 Å². The Bertz CT molecular complexity index is 594. The summed E-state index contributed by atoms with van der Waals surface area (Å²) in [5.74, 6) is 0. The van der Waals surface area contributed by atoms with Gasteiger partial charge in [0.1, 0.15) is 0 Å². The van der Waals surface area contributed by atoms with Crippen LogP contribution in [0.1, 0.15) is 36.8 Å². The van der Waals surface area contributed by atoms with Crippen LogP contribution >= 0.6 is 0 Å². The molecular weight excluding hydrogens is 332 g/mol. The van der Waals surface area contributed by atoms with Crippen LogP contribution in [0.2, 0.25) is 0 Å². The van der Waals surface area contributed by atoms with Gasteiger partial charge in [0, 0.05) is 25.7 Å². The Balaban J connectivity index is 1.58. The lowest BCUT2D eigenvalue weighted by atomic mass is 9.91. The second-order valence-corrected chi connectivity index (χ2v) is 7.98. The first-order valence-electron chi connectivity index (χ1n) is 10.3. The van der Waals surface area contributed by atoms with Crippen molar-refractivity contribution in [2.75, 3.05) is 27.2 Å². The zero-order valence-electron chi connectivity index (χ0n) is 16.9. The van der Waals surface area contributed by atoms with E-state index in [9.17, 15) is 0 Å². The summed E-state index contributed by atoms with van der Waals surface area (Å²) in [5, 5.41) is 0. The Morgan fingerprint density at radius 3 is 1.78 bits per heavy atom. The third-order valence-electron chi connectivity index (χ3n) is 5.51. The molecule has 0 atom stereocenters. The molecule has 0 spiro atoms. The molecule has 1 fully saturated rings. The highest BCUT2D eigenvalue weighted by molar-refractivity contribution is 5.17. The van der Waals surface area contributed by atoms with E-state index < -0.39 is 0 Å². The number of ether oxygens (including phenoxy) is 1. The maximum Gasteiger partial charge on any atom is 0.0596 e. The average molecular weight is 367 g/mol. The van der Waals surface area contributed by atoms with Crippen LogP contribution in [-0.4, -0.2) is 49.2 Å². The number of hydrogen-bond donors (Lipinski definition) is 0. The predicted molar refractivity (Wildman–Crippen MR) is 113 cm³/mol. The summed E-state index contributed by atoms with van der Waals surface area (Å²) in [6.07, 6.45) is 5.26. The lowest BCUT2D eigenvalue weighted by Gasteiger charge is -2.37. The summed E-state index contributed by atoms with van der Waals surface area (Å²) in [7, 11) is 4.20. The molecule has 146 valence electrons. The Hall–Kier alpha value is -1.68. The first-order chi connectivity index (χ1) is 13.2. The third kappa shape index (κ3) is 6.76. The first kappa shape index (κ1) is 20.1. The molecule has 0 saturated heterocycles. The molecule has 0 N–H and O–H groups in total. The summed E-state index contributed by atoms with van der Waals surface area (Å²) in [4.78, 5) is 4.85. The van der Waals surface area contributed by atoms with Gasteiger partial charge in [-0.2, -0.15) is 0 Å². The molecule has 1 aliphatic rings. The SMILES string of the molecule is CN(C)CCOC1CCC(N(Cc2ccccc2)Cc2ccccc2)CC1. The average Bonchev–Trinajstić information content (AvgIpc) is 2.69. The van der Waals surface area contributed by atoms with Crippen molar-refractivity contribution in [3.05, 3.63) is 71.8 Å². The van der Waals surface area contributed by atoms with Gasteiger partial charge >= 0.3 is 0 Å². The van der Waals surface area contributed by atoms with E-state index in [0.29, 0.717) is 12.1 Å². The van der Waals surface area contributed by atoms with Crippen molar-refractivity contribution < 1.29 is 4.74 Å². The molecule has 1 aliphatic carbocycles. The number of likely N-dealkylation sites (N-methyl/N-ethyl adjacent to an activating group) is 1. The maximum atomic E-state index is 6.10. The zero-order valence-corrected chi connectivity index (χ0v) is 16.9. The van der Waals surface area contributed by atoms with Gasteiger partial charge < -0.3 is 9.64 Å². The molecule has 1 saturated carbocycles. The molecule has 0 radical (unpaired) electrons. The van der Waals surface area contributed by atoms with Gasteiger partial charge in [0.15, 0.2) is 0 Å². The fourth-order valence-corrected chi connectivity index (χ4v) is 3.93. The van der Waals surface area contributed by atoms with Crippen LogP contribution in [0.25, 0.3) is 0 Å². The molecule has 3 nitrogen and oxygen atoms in total. The van der Waals surface area contributed by atoms with Gasteiger partial charge in [-0.25, -0.2) is 0 Å². The van der Waals surface area contributed by atoms with E-state index in [0.717, 1.165) is 26.2 Å². The second kappa shape index (κ2) is 10.6. The van der Waals surface area contributed by atoms with Crippen LogP contribution in [0.5, 0.6) is 0 Å². The maximum absolute atomic E-state index is 6.10. The third-order valence-corrected chi connectivity index (χ3v) is 5.51. The molecule has 3 heteroatoms. The van der Waals surface area contributed by atoms with E-state index in [1.807, 2.05) is 0 Å². The van der Waals surface area contributed by atoms with E-state index in [2.05, 4.69) is 84.6 Å². The fraction of sp³-hybridized carbons (Fsp3) is 0.500. The molecule has 27 heavy (non-hydrogen) atoms. The summed E-state index contributed by atoms with van der Waals surface area (Å²) in [5.41, 5.74) is 2.80. The Morgan fingerprint density at radius 2 is 1.30 bits per heavy atom. The number of rotatable bonds is 9. The highest BCUT2D eigenvalue weighted by atomic mass is 16.5. The summed E-state index contributed by atoms with van der Waals surface area (Å²) >= 11 is 0. The molecule has 0 aliphatic heterocycles. The van der Waals surface area contributed by atoms with Gasteiger partial charge in [-0.15, -0.1) is 0 Å². The Labute approximate surface area is 164 Å². The molecule has 0 heterocycles. The van der Waals surface area contributed by atoms with Crippen molar-refractivity contribution >= 4 is 0 Å². The topological polar surface area (TPSA) is 15.7 Å². The standard InChI is InChI=1S/C24H34N2O/c1-25(2)17-18-27-24-15-13-23(14-16-24)26(19-21-9-5-3-6-10-21)20-22-11-7-4-8-12-22/h3-12,23-24H,13-20H2,1-2H3. The van der Waals surface area contributed by atoms with Gasteiger partial charge in [-0.1, -0.05) is 60.7 Å². The Morgan fingerprint density at radius 1 is 0.778 bits per heavy atom. The lowest BCUT2D eigenvalue weighted by Crippen LogP contribution is -2.39. The summed E-state index contributed by atoms with van der Waals surface area (Å²) in [6.45, 7) is 3.90. The minimum atomic E-state index is 0.441. The largest absolute Gasteiger partial charge is 0.377 e. The minimum Gasteiger partial charge on any atom is -0.377 e. The highest BCUT2D eigenvalue weighted by Crippen LogP contribution is 2.27. The van der Waals surface area contributed by atoms with Crippen LogP contribution in [0.15, 0.2) is 60.7 Å². The van der Waals surface area contributed by atoms with E-state index >= 15 is 0 Å². The lowest BCUT2D eigenvalue weighted by molar-refractivity contribution is -0.000386. The van der Waals surface area contributed by atoms with Gasteiger partial charge in [-0.05, 0) is 50.9 Å². The normalized spacial score (nSPS) is 20.3. The van der Waals surface area contributed by atoms with Crippen LogP contribution in [0, 0.1) is 0 Å². The molecule has 0 aromatic heterocycles. The van der Waals surface area contributed by atoms with Crippen molar-refractivity contribution in [1.82, 2.24) is 9.80 Å². The molecular formula is C24H34N2O. The van der Waals surface area contributed by atoms with Crippen LogP contribution in [0.3, 0.4) is 0 Å². The monoisotopic (exact) mass is 366 g/mol. The fourth-order valence-electron chi connectivity index (χ4n) is 3.93. The summed E-state index contributed by atoms with van der Waals surface area (Å²) in [6, 6.07) is 22.4. The van der Waals surface area contributed by atoms with Crippen molar-refractivity contribution in [1.29, 1.82) is 0 Å². The zero-order chi connectivity index (χ0) is 18.9. The molecule has 3 rings (SSSR count). The van der Waals surface area contributed by atoms with Crippen molar-refractivity contribution in [2.24, 2.45) is 0 Å². The molecule has 2 aromatic rings. The minimum absolute atomic E-state index is 0.441. The van der Waals surface area contributed by atoms with Crippen molar-refractivity contribution in [2.45, 2.75) is 50.9 Å². The number of benzene rings is 2. The van der Waals surface area contributed by atoms with E-state index in [1.54, 1.807) is 0 Å². The smallest absolute Gasteiger partial charge is 0.0596 e. The number of hydrogen-bond acceptors (Lipinski definition) is 3. The molecule has 2 aromatic carbocycles. The van der Waals surface area contributed by atoms with Crippen molar-refractivity contribution in [3.8, 4) is 0 Å².